The molecule has 1 heterocycles. The molecule has 1 unspecified atom stereocenters. The number of aryl methyl sites for hydroxylation is 2. The number of amides is 2. The Hall–Kier alpha value is -2.23. The summed E-state index contributed by atoms with van der Waals surface area (Å²) in [6.07, 6.45) is 1.80. The van der Waals surface area contributed by atoms with E-state index in [2.05, 4.69) is 26.8 Å². The molecule has 30 heavy (non-hydrogen) atoms. The largest absolute Gasteiger partial charge is 0.271 e. The van der Waals surface area contributed by atoms with Crippen molar-refractivity contribution < 1.29 is 18.0 Å². The minimum absolute atomic E-state index is 0.129. The Morgan fingerprint density at radius 3 is 2.40 bits per heavy atom. The highest BCUT2D eigenvalue weighted by Gasteiger charge is 2.37. The Balaban J connectivity index is 1.73. The van der Waals surface area contributed by atoms with E-state index in [1.54, 1.807) is 18.2 Å². The predicted octanol–water partition coefficient (Wildman–Crippen LogP) is 3.07. The second-order valence-electron chi connectivity index (χ2n) is 7.34. The van der Waals surface area contributed by atoms with E-state index in [9.17, 15) is 18.0 Å². The van der Waals surface area contributed by atoms with E-state index in [-0.39, 0.29) is 11.4 Å². The Kier molecular flexibility index (Phi) is 6.95. The number of rotatable bonds is 4. The van der Waals surface area contributed by atoms with Crippen LogP contribution in [0.15, 0.2) is 51.8 Å². The van der Waals surface area contributed by atoms with Gasteiger partial charge in [-0.2, -0.15) is 4.31 Å². The molecule has 3 rings (SSSR count). The van der Waals surface area contributed by atoms with Crippen LogP contribution in [0.4, 0.5) is 0 Å². The molecular formula is C21H24BrN3O4S. The van der Waals surface area contributed by atoms with E-state index >= 15 is 0 Å². The zero-order valence-electron chi connectivity index (χ0n) is 16.8. The summed E-state index contributed by atoms with van der Waals surface area (Å²) in [5, 5.41) is 0. The number of carbonyl (C=O) groups is 2. The lowest BCUT2D eigenvalue weighted by molar-refractivity contribution is -0.126. The molecule has 9 heteroatoms. The Morgan fingerprint density at radius 2 is 1.73 bits per heavy atom. The number of nitrogens with one attached hydrogen (secondary N) is 2. The van der Waals surface area contributed by atoms with Crippen LogP contribution in [-0.4, -0.2) is 37.1 Å². The van der Waals surface area contributed by atoms with Gasteiger partial charge in [0.15, 0.2) is 0 Å². The average Bonchev–Trinajstić information content (AvgIpc) is 2.72. The zero-order valence-corrected chi connectivity index (χ0v) is 19.2. The first kappa shape index (κ1) is 22.5. The second-order valence-corrected chi connectivity index (χ2v) is 10.1. The van der Waals surface area contributed by atoms with Gasteiger partial charge in [-0.3, -0.25) is 20.4 Å². The molecule has 160 valence electrons. The summed E-state index contributed by atoms with van der Waals surface area (Å²) in [6.45, 7) is 4.00. The van der Waals surface area contributed by atoms with Crippen LogP contribution >= 0.6 is 15.9 Å². The second kappa shape index (κ2) is 9.28. The minimum atomic E-state index is -3.84. The van der Waals surface area contributed by atoms with Crippen LogP contribution in [-0.2, 0) is 14.8 Å². The molecule has 1 aliphatic heterocycles. The summed E-state index contributed by atoms with van der Waals surface area (Å²) in [4.78, 5) is 25.3. The molecule has 1 saturated heterocycles. The number of sulfonamides is 1. The number of nitrogens with zero attached hydrogens (tertiary/aromatic N) is 1. The van der Waals surface area contributed by atoms with Gasteiger partial charge in [0.05, 0.1) is 4.90 Å². The first-order chi connectivity index (χ1) is 14.2. The standard InChI is InChI=1S/C21H24BrN3O4S/c1-14-6-11-18(15(2)13-14)20(26)23-24-21(27)19-5-3-4-12-25(19)30(28,29)17-9-7-16(22)8-10-17/h6-11,13,19H,3-5,12H2,1-2H3,(H,23,26)(H,24,27). The van der Waals surface area contributed by atoms with E-state index in [0.717, 1.165) is 22.0 Å². The Labute approximate surface area is 185 Å². The van der Waals surface area contributed by atoms with Gasteiger partial charge < -0.3 is 0 Å². The van der Waals surface area contributed by atoms with Crippen molar-refractivity contribution in [1.82, 2.24) is 15.2 Å². The molecule has 0 aromatic heterocycles. The molecule has 2 aromatic rings. The first-order valence-corrected chi connectivity index (χ1v) is 11.9. The number of hydrogen-bond donors (Lipinski definition) is 2. The van der Waals surface area contributed by atoms with Gasteiger partial charge in [0.1, 0.15) is 6.04 Å². The van der Waals surface area contributed by atoms with E-state index in [1.165, 1.54) is 16.4 Å². The molecule has 1 aliphatic rings. The number of halogens is 1. The Bertz CT molecular complexity index is 1050. The van der Waals surface area contributed by atoms with Crippen LogP contribution < -0.4 is 10.9 Å². The highest BCUT2D eigenvalue weighted by molar-refractivity contribution is 9.10. The number of hydrazine groups is 1. The topological polar surface area (TPSA) is 95.6 Å². The molecular weight excluding hydrogens is 470 g/mol. The summed E-state index contributed by atoms with van der Waals surface area (Å²) < 4.78 is 28.2. The quantitative estimate of drug-likeness (QED) is 0.639. The number of piperidine rings is 1. The Morgan fingerprint density at radius 1 is 1.03 bits per heavy atom. The lowest BCUT2D eigenvalue weighted by Crippen LogP contribution is -2.55. The van der Waals surface area contributed by atoms with Crippen molar-refractivity contribution in [1.29, 1.82) is 0 Å². The summed E-state index contributed by atoms with van der Waals surface area (Å²) >= 11 is 3.29. The maximum atomic E-state index is 13.1. The van der Waals surface area contributed by atoms with Gasteiger partial charge in [-0.05, 0) is 62.6 Å². The first-order valence-electron chi connectivity index (χ1n) is 9.65. The van der Waals surface area contributed by atoms with Gasteiger partial charge in [-0.1, -0.05) is 40.0 Å². The monoisotopic (exact) mass is 493 g/mol. The summed E-state index contributed by atoms with van der Waals surface area (Å²) in [5.41, 5.74) is 7.08. The molecule has 0 aliphatic carbocycles. The van der Waals surface area contributed by atoms with Crippen molar-refractivity contribution in [2.45, 2.75) is 44.0 Å². The van der Waals surface area contributed by atoms with Gasteiger partial charge in [-0.15, -0.1) is 0 Å². The van der Waals surface area contributed by atoms with E-state index < -0.39 is 27.9 Å². The fourth-order valence-electron chi connectivity index (χ4n) is 3.53. The normalized spacial score (nSPS) is 17.4. The fourth-order valence-corrected chi connectivity index (χ4v) is 5.45. The lowest BCUT2D eigenvalue weighted by Gasteiger charge is -2.33. The number of carbonyl (C=O) groups excluding carboxylic acids is 2. The molecule has 7 nitrogen and oxygen atoms in total. The van der Waals surface area contributed by atoms with E-state index in [0.29, 0.717) is 18.4 Å². The van der Waals surface area contributed by atoms with Gasteiger partial charge in [0.25, 0.3) is 11.8 Å². The lowest BCUT2D eigenvalue weighted by atomic mass is 10.0. The van der Waals surface area contributed by atoms with E-state index in [1.807, 2.05) is 26.0 Å². The van der Waals surface area contributed by atoms with Crippen LogP contribution in [0.1, 0.15) is 40.7 Å². The highest BCUT2D eigenvalue weighted by atomic mass is 79.9. The van der Waals surface area contributed by atoms with Crippen molar-refractivity contribution in [3.05, 3.63) is 63.6 Å². The molecule has 2 N–H and O–H groups in total. The van der Waals surface area contributed by atoms with Crippen molar-refractivity contribution in [2.24, 2.45) is 0 Å². The van der Waals surface area contributed by atoms with Crippen LogP contribution in [0.2, 0.25) is 0 Å². The van der Waals surface area contributed by atoms with Gasteiger partial charge in [0.2, 0.25) is 10.0 Å². The summed E-state index contributed by atoms with van der Waals surface area (Å²) in [5.74, 6) is -0.993. The molecule has 2 aromatic carbocycles. The van der Waals surface area contributed by atoms with Crippen LogP contribution in [0.5, 0.6) is 0 Å². The predicted molar refractivity (Wildman–Crippen MR) is 117 cm³/mol. The molecule has 0 saturated carbocycles. The van der Waals surface area contributed by atoms with Crippen molar-refractivity contribution in [3.63, 3.8) is 0 Å². The number of benzene rings is 2. The maximum Gasteiger partial charge on any atom is 0.269 e. The smallest absolute Gasteiger partial charge is 0.269 e. The van der Waals surface area contributed by atoms with Gasteiger partial charge >= 0.3 is 0 Å². The fraction of sp³-hybridized carbons (Fsp3) is 0.333. The third-order valence-corrected chi connectivity index (χ3v) is 7.55. The molecule has 0 spiro atoms. The molecule has 1 atom stereocenters. The van der Waals surface area contributed by atoms with Gasteiger partial charge in [-0.25, -0.2) is 8.42 Å². The third kappa shape index (κ3) is 4.91. The summed E-state index contributed by atoms with van der Waals surface area (Å²) in [6, 6.07) is 10.8. The van der Waals surface area contributed by atoms with Crippen LogP contribution in [0.3, 0.4) is 0 Å². The third-order valence-electron chi connectivity index (χ3n) is 5.10. The number of hydrogen-bond acceptors (Lipinski definition) is 4. The van der Waals surface area contributed by atoms with Gasteiger partial charge in [0, 0.05) is 16.6 Å². The molecule has 2 amide bonds. The highest BCUT2D eigenvalue weighted by Crippen LogP contribution is 2.26. The average molecular weight is 494 g/mol. The minimum Gasteiger partial charge on any atom is -0.271 e. The molecule has 0 radical (unpaired) electrons. The van der Waals surface area contributed by atoms with E-state index in [4.69, 9.17) is 0 Å². The SMILES string of the molecule is Cc1ccc(C(=O)NNC(=O)C2CCCCN2S(=O)(=O)c2ccc(Br)cc2)c(C)c1. The van der Waals surface area contributed by atoms with Crippen molar-refractivity contribution in [3.8, 4) is 0 Å². The zero-order chi connectivity index (χ0) is 21.9. The van der Waals surface area contributed by atoms with Crippen molar-refractivity contribution in [2.75, 3.05) is 6.54 Å². The molecule has 0 bridgehead atoms. The van der Waals surface area contributed by atoms with Crippen molar-refractivity contribution >= 4 is 37.8 Å². The molecule has 1 fully saturated rings. The van der Waals surface area contributed by atoms with Crippen LogP contribution in [0.25, 0.3) is 0 Å². The maximum absolute atomic E-state index is 13.1. The summed E-state index contributed by atoms with van der Waals surface area (Å²) in [7, 11) is -3.84. The van der Waals surface area contributed by atoms with Crippen LogP contribution in [0, 0.1) is 13.8 Å².